The van der Waals surface area contributed by atoms with E-state index in [1.807, 2.05) is 0 Å². The van der Waals surface area contributed by atoms with Gasteiger partial charge in [-0.15, -0.1) is 0 Å². The van der Waals surface area contributed by atoms with Gasteiger partial charge in [0.1, 0.15) is 24.4 Å². The van der Waals surface area contributed by atoms with Crippen molar-refractivity contribution in [2.24, 2.45) is 0 Å². The Kier molecular flexibility index (Phi) is 2.73. The van der Waals surface area contributed by atoms with Gasteiger partial charge in [0.15, 0.2) is 12.1 Å². The van der Waals surface area contributed by atoms with Crippen molar-refractivity contribution in [1.82, 2.24) is 0 Å². The Hall–Kier alpha value is -0.290. The maximum atomic E-state index is 10.6. The lowest BCUT2D eigenvalue weighted by Crippen LogP contribution is -2.37. The highest BCUT2D eigenvalue weighted by Gasteiger charge is 2.60. The zero-order valence-electron chi connectivity index (χ0n) is 9.77. The third-order valence-electron chi connectivity index (χ3n) is 3.09. The average molecular weight is 281 g/mol. The Bertz CT molecular complexity index is 445. The van der Waals surface area contributed by atoms with Crippen LogP contribution in [0.5, 0.6) is 0 Å². The number of hydrogen-bond donors (Lipinski definition) is 0. The van der Waals surface area contributed by atoms with Gasteiger partial charge in [-0.05, 0) is 13.8 Å². The summed E-state index contributed by atoms with van der Waals surface area (Å²) in [4.78, 5) is 0. The molecule has 0 spiro atoms. The number of hydrogen-bond acceptors (Lipinski definition) is 8. The first-order chi connectivity index (χ1) is 8.25. The minimum absolute atomic E-state index is 0.0240. The molecular formula is C9H13O8S-. The van der Waals surface area contributed by atoms with Crippen molar-refractivity contribution in [2.75, 3.05) is 6.61 Å². The molecule has 3 aliphatic rings. The molecule has 9 heteroatoms. The lowest BCUT2D eigenvalue weighted by Gasteiger charge is -2.23. The normalized spacial score (nSPS) is 46.1. The van der Waals surface area contributed by atoms with Crippen LogP contribution in [0, 0.1) is 0 Å². The molecular weight excluding hydrogens is 268 g/mol. The molecule has 104 valence electrons. The maximum absolute atomic E-state index is 10.6. The molecule has 3 saturated heterocycles. The molecule has 3 rings (SSSR count). The van der Waals surface area contributed by atoms with E-state index >= 15 is 0 Å². The summed E-state index contributed by atoms with van der Waals surface area (Å²) in [5, 5.41) is 0. The van der Waals surface area contributed by atoms with Crippen LogP contribution in [-0.2, 0) is 33.5 Å². The minimum atomic E-state index is -4.78. The minimum Gasteiger partial charge on any atom is -0.726 e. The number of ether oxygens (including phenoxy) is 4. The fraction of sp³-hybridized carbons (Fsp3) is 1.00. The molecule has 3 fully saturated rings. The summed E-state index contributed by atoms with van der Waals surface area (Å²) in [6.07, 6.45) is -3.16. The Labute approximate surface area is 104 Å². The fourth-order valence-corrected chi connectivity index (χ4v) is 3.00. The first-order valence-electron chi connectivity index (χ1n) is 5.52. The van der Waals surface area contributed by atoms with Gasteiger partial charge in [0.05, 0.1) is 6.61 Å². The van der Waals surface area contributed by atoms with Crippen LogP contribution >= 0.6 is 0 Å². The van der Waals surface area contributed by atoms with Crippen molar-refractivity contribution in [3.63, 3.8) is 0 Å². The molecule has 0 aromatic carbocycles. The molecule has 8 nitrogen and oxygen atoms in total. The summed E-state index contributed by atoms with van der Waals surface area (Å²) in [7, 11) is -4.78. The number of fused-ring (bicyclic) bond motifs is 3. The van der Waals surface area contributed by atoms with Crippen LogP contribution in [0.1, 0.15) is 13.8 Å². The van der Waals surface area contributed by atoms with E-state index in [1.165, 1.54) is 0 Å². The first kappa shape index (κ1) is 12.7. The largest absolute Gasteiger partial charge is 0.726 e. The van der Waals surface area contributed by atoms with E-state index in [2.05, 4.69) is 4.18 Å². The van der Waals surface area contributed by atoms with E-state index in [0.29, 0.717) is 0 Å². The predicted molar refractivity (Wildman–Crippen MR) is 53.0 cm³/mol. The summed E-state index contributed by atoms with van der Waals surface area (Å²) >= 11 is 0. The Morgan fingerprint density at radius 1 is 1.22 bits per heavy atom. The van der Waals surface area contributed by atoms with Gasteiger partial charge in [-0.3, -0.25) is 4.18 Å². The molecule has 0 unspecified atom stereocenters. The van der Waals surface area contributed by atoms with Gasteiger partial charge in [0, 0.05) is 0 Å². The highest BCUT2D eigenvalue weighted by molar-refractivity contribution is 7.80. The van der Waals surface area contributed by atoms with Crippen molar-refractivity contribution in [3.05, 3.63) is 0 Å². The molecule has 0 radical (unpaired) electrons. The molecule has 18 heavy (non-hydrogen) atoms. The average Bonchev–Trinajstić information content (AvgIpc) is 2.74. The molecule has 3 heterocycles. The van der Waals surface area contributed by atoms with Crippen molar-refractivity contribution in [3.8, 4) is 0 Å². The van der Waals surface area contributed by atoms with Gasteiger partial charge >= 0.3 is 0 Å². The summed E-state index contributed by atoms with van der Waals surface area (Å²) < 4.78 is 58.1. The molecule has 5 atom stereocenters. The summed E-state index contributed by atoms with van der Waals surface area (Å²) in [6, 6.07) is 0. The first-order valence-corrected chi connectivity index (χ1v) is 6.85. The van der Waals surface area contributed by atoms with Crippen molar-refractivity contribution in [2.45, 2.75) is 50.3 Å². The molecule has 0 aromatic heterocycles. The molecule has 0 aliphatic carbocycles. The van der Waals surface area contributed by atoms with Crippen LogP contribution in [0.2, 0.25) is 0 Å². The van der Waals surface area contributed by atoms with Crippen LogP contribution in [0.4, 0.5) is 0 Å². The Morgan fingerprint density at radius 3 is 2.61 bits per heavy atom. The number of rotatable bonds is 2. The standard InChI is InChI=1S/C9H14O8S/c1-9(2)15-7-6-5(14-8(7)16-9)4(3-13-6)17-18(10,11)12/h4-8H,3H2,1-2H3,(H,10,11,12)/p-1/t4-,5-,6+,7-,8-/m1/s1. The third kappa shape index (κ3) is 2.16. The van der Waals surface area contributed by atoms with Crippen LogP contribution in [0.3, 0.4) is 0 Å². The van der Waals surface area contributed by atoms with Crippen molar-refractivity contribution < 1.29 is 36.1 Å². The van der Waals surface area contributed by atoms with Crippen molar-refractivity contribution >= 4 is 10.4 Å². The zero-order valence-corrected chi connectivity index (χ0v) is 10.6. The van der Waals surface area contributed by atoms with E-state index < -0.39 is 46.9 Å². The predicted octanol–water partition coefficient (Wildman–Crippen LogP) is -0.893. The smallest absolute Gasteiger partial charge is 0.218 e. The highest BCUT2D eigenvalue weighted by Crippen LogP contribution is 2.42. The van der Waals surface area contributed by atoms with Gasteiger partial charge in [-0.1, -0.05) is 0 Å². The van der Waals surface area contributed by atoms with Crippen LogP contribution in [-0.4, -0.2) is 56.1 Å². The third-order valence-corrected chi connectivity index (χ3v) is 3.57. The van der Waals surface area contributed by atoms with Gasteiger partial charge in [0.25, 0.3) is 0 Å². The summed E-state index contributed by atoms with van der Waals surface area (Å²) in [5.41, 5.74) is 0. The molecule has 0 bridgehead atoms. The van der Waals surface area contributed by atoms with Crippen LogP contribution in [0.25, 0.3) is 0 Å². The van der Waals surface area contributed by atoms with E-state index in [0.717, 1.165) is 0 Å². The van der Waals surface area contributed by atoms with Gasteiger partial charge in [-0.25, -0.2) is 8.42 Å². The Balaban J connectivity index is 1.72. The second kappa shape index (κ2) is 3.85. The molecule has 0 N–H and O–H groups in total. The van der Waals surface area contributed by atoms with Gasteiger partial charge in [0.2, 0.25) is 10.4 Å². The topological polar surface area (TPSA) is 103 Å². The Morgan fingerprint density at radius 2 is 1.94 bits per heavy atom. The van der Waals surface area contributed by atoms with E-state index in [-0.39, 0.29) is 6.61 Å². The molecule has 0 amide bonds. The van der Waals surface area contributed by atoms with E-state index in [1.54, 1.807) is 13.8 Å². The van der Waals surface area contributed by atoms with Crippen LogP contribution < -0.4 is 0 Å². The maximum Gasteiger partial charge on any atom is 0.218 e. The second-order valence-corrected chi connectivity index (χ2v) is 5.92. The molecule has 3 aliphatic heterocycles. The second-order valence-electron chi connectivity index (χ2n) is 4.91. The van der Waals surface area contributed by atoms with Crippen molar-refractivity contribution in [1.29, 1.82) is 0 Å². The fourth-order valence-electron chi connectivity index (χ4n) is 2.53. The van der Waals surface area contributed by atoms with Crippen LogP contribution in [0.15, 0.2) is 0 Å². The highest BCUT2D eigenvalue weighted by atomic mass is 32.3. The van der Waals surface area contributed by atoms with E-state index in [4.69, 9.17) is 18.9 Å². The SMILES string of the molecule is CC1(C)O[C@H]2O[C@H]3[C@H](OC[C@H]3OS(=O)(=O)[O-])[C@H]2O1. The van der Waals surface area contributed by atoms with E-state index in [9.17, 15) is 13.0 Å². The van der Waals surface area contributed by atoms with Gasteiger partial charge in [-0.2, -0.15) is 0 Å². The monoisotopic (exact) mass is 281 g/mol. The summed E-state index contributed by atoms with van der Waals surface area (Å²) in [6.45, 7) is 3.47. The lowest BCUT2D eigenvalue weighted by atomic mass is 10.1. The molecule has 0 aromatic rings. The summed E-state index contributed by atoms with van der Waals surface area (Å²) in [5.74, 6) is -0.771. The van der Waals surface area contributed by atoms with Gasteiger partial charge < -0.3 is 23.5 Å². The molecule has 0 saturated carbocycles. The zero-order chi connectivity index (χ0) is 13.1. The lowest BCUT2D eigenvalue weighted by molar-refractivity contribution is -0.213. The quantitative estimate of drug-likeness (QED) is 0.474.